The summed E-state index contributed by atoms with van der Waals surface area (Å²) in [4.78, 5) is 15.5. The molecule has 4 rings (SSSR count). The van der Waals surface area contributed by atoms with Gasteiger partial charge in [0.2, 0.25) is 10.0 Å². The van der Waals surface area contributed by atoms with Crippen molar-refractivity contribution < 1.29 is 17.6 Å². The van der Waals surface area contributed by atoms with Crippen LogP contribution in [-0.4, -0.2) is 42.5 Å². The molecule has 3 aromatic carbocycles. The maximum absolute atomic E-state index is 13.2. The molecule has 0 saturated heterocycles. The van der Waals surface area contributed by atoms with Gasteiger partial charge in [0.1, 0.15) is 5.82 Å². The van der Waals surface area contributed by atoms with Crippen LogP contribution >= 0.6 is 0 Å². The summed E-state index contributed by atoms with van der Waals surface area (Å²) in [6.45, 7) is 8.37. The molecule has 0 aromatic heterocycles. The van der Waals surface area contributed by atoms with E-state index in [1.165, 1.54) is 16.4 Å². The van der Waals surface area contributed by atoms with E-state index in [0.717, 1.165) is 35.2 Å². The Bertz CT molecular complexity index is 1340. The lowest BCUT2D eigenvalue weighted by molar-refractivity contribution is 0.0970. The van der Waals surface area contributed by atoms with E-state index in [-0.39, 0.29) is 11.6 Å². The van der Waals surface area contributed by atoms with E-state index in [2.05, 4.69) is 18.7 Å². The third-order valence-corrected chi connectivity index (χ3v) is 8.90. The van der Waals surface area contributed by atoms with E-state index in [0.29, 0.717) is 49.0 Å². The number of ketones is 1. The van der Waals surface area contributed by atoms with Gasteiger partial charge >= 0.3 is 0 Å². The molecule has 196 valence electrons. The van der Waals surface area contributed by atoms with E-state index in [4.69, 9.17) is 0 Å². The lowest BCUT2D eigenvalue weighted by Crippen LogP contribution is -2.36. The molecular formula is C30H35FN2O3S. The van der Waals surface area contributed by atoms with Crippen LogP contribution in [0.4, 0.5) is 4.39 Å². The number of carbonyl (C=O) groups is 1. The predicted octanol–water partition coefficient (Wildman–Crippen LogP) is 5.75. The van der Waals surface area contributed by atoms with Gasteiger partial charge in [-0.1, -0.05) is 42.0 Å². The van der Waals surface area contributed by atoms with Crippen molar-refractivity contribution in [3.63, 3.8) is 0 Å². The van der Waals surface area contributed by atoms with Crippen LogP contribution in [0.1, 0.15) is 59.3 Å². The van der Waals surface area contributed by atoms with Crippen LogP contribution in [-0.2, 0) is 29.5 Å². The summed E-state index contributed by atoms with van der Waals surface area (Å²) in [5, 5.41) is 0. The van der Waals surface area contributed by atoms with Crippen molar-refractivity contribution in [2.75, 3.05) is 13.1 Å². The molecule has 0 saturated carbocycles. The Hall–Kier alpha value is -2.87. The quantitative estimate of drug-likeness (QED) is 0.318. The number of halogens is 1. The largest absolute Gasteiger partial charge is 0.297 e. The van der Waals surface area contributed by atoms with Gasteiger partial charge in [-0.3, -0.25) is 9.69 Å². The summed E-state index contributed by atoms with van der Waals surface area (Å²) in [6.07, 6.45) is 1.76. The number of sulfonamides is 1. The zero-order chi connectivity index (χ0) is 26.6. The van der Waals surface area contributed by atoms with Crippen LogP contribution < -0.4 is 0 Å². The number of rotatable bonds is 10. The van der Waals surface area contributed by atoms with E-state index < -0.39 is 10.0 Å². The molecule has 0 radical (unpaired) electrons. The van der Waals surface area contributed by atoms with Crippen molar-refractivity contribution >= 4 is 15.8 Å². The van der Waals surface area contributed by atoms with Crippen molar-refractivity contribution in [2.24, 2.45) is 0 Å². The highest BCUT2D eigenvalue weighted by Crippen LogP contribution is 2.26. The zero-order valence-corrected chi connectivity index (χ0v) is 22.6. The average molecular weight is 523 g/mol. The molecule has 0 aliphatic carbocycles. The number of nitrogens with zero attached hydrogens (tertiary/aromatic N) is 2. The molecule has 7 heteroatoms. The summed E-state index contributed by atoms with van der Waals surface area (Å²) in [5.41, 5.74) is 4.74. The molecule has 1 aliphatic rings. The van der Waals surface area contributed by atoms with Gasteiger partial charge in [0.25, 0.3) is 0 Å². The molecule has 0 unspecified atom stereocenters. The standard InChI is InChI=1S/C30H35FN2O3S/c1-22(2)32(20-24-8-12-28(31)13-9-24)17-4-5-30(34)26-10-11-27-21-33(18-16-25(27)19-26)37(35,36)29-14-6-23(3)7-15-29/h6-15,19,22H,4-5,16-18,20-21H2,1-3H3. The second-order valence-corrected chi connectivity index (χ2v) is 12.0. The van der Waals surface area contributed by atoms with Crippen LogP contribution in [0.5, 0.6) is 0 Å². The van der Waals surface area contributed by atoms with E-state index in [1.807, 2.05) is 37.3 Å². The van der Waals surface area contributed by atoms with Crippen molar-refractivity contribution in [3.8, 4) is 0 Å². The summed E-state index contributed by atoms with van der Waals surface area (Å²) in [5.74, 6) is -0.140. The van der Waals surface area contributed by atoms with E-state index in [1.54, 1.807) is 24.3 Å². The summed E-state index contributed by atoms with van der Waals surface area (Å²) < 4.78 is 40.9. The van der Waals surface area contributed by atoms with E-state index >= 15 is 0 Å². The van der Waals surface area contributed by atoms with Gasteiger partial charge in [0.05, 0.1) is 4.90 Å². The van der Waals surface area contributed by atoms with Gasteiger partial charge in [0, 0.05) is 37.7 Å². The smallest absolute Gasteiger partial charge is 0.243 e. The van der Waals surface area contributed by atoms with E-state index in [9.17, 15) is 17.6 Å². The van der Waals surface area contributed by atoms with Gasteiger partial charge < -0.3 is 0 Å². The average Bonchev–Trinajstić information content (AvgIpc) is 2.88. The molecule has 0 N–H and O–H groups in total. The minimum Gasteiger partial charge on any atom is -0.297 e. The number of carbonyl (C=O) groups excluding carboxylic acids is 1. The Morgan fingerprint density at radius 2 is 1.70 bits per heavy atom. The first-order chi connectivity index (χ1) is 17.6. The third kappa shape index (κ3) is 6.72. The fourth-order valence-corrected chi connectivity index (χ4v) is 6.12. The minimum atomic E-state index is -3.56. The number of hydrogen-bond donors (Lipinski definition) is 0. The SMILES string of the molecule is Cc1ccc(S(=O)(=O)N2CCc3cc(C(=O)CCCN(Cc4ccc(F)cc4)C(C)C)ccc3C2)cc1. The highest BCUT2D eigenvalue weighted by molar-refractivity contribution is 7.89. The maximum Gasteiger partial charge on any atom is 0.243 e. The molecule has 1 aliphatic heterocycles. The van der Waals surface area contributed by atoms with Crippen molar-refractivity contribution in [3.05, 3.63) is 100 Å². The normalized spacial score (nSPS) is 14.2. The summed E-state index contributed by atoms with van der Waals surface area (Å²) in [6, 6.07) is 19.5. The lowest BCUT2D eigenvalue weighted by atomic mass is 9.96. The number of benzene rings is 3. The Morgan fingerprint density at radius 1 is 1.00 bits per heavy atom. The van der Waals surface area contributed by atoms with Crippen LogP contribution in [0.3, 0.4) is 0 Å². The monoisotopic (exact) mass is 522 g/mol. The minimum absolute atomic E-state index is 0.1000. The fourth-order valence-electron chi connectivity index (χ4n) is 4.70. The molecule has 0 bridgehead atoms. The van der Waals surface area contributed by atoms with Gasteiger partial charge in [-0.15, -0.1) is 0 Å². The first-order valence-electron chi connectivity index (χ1n) is 12.8. The highest BCUT2D eigenvalue weighted by atomic mass is 32.2. The number of fused-ring (bicyclic) bond motifs is 1. The molecule has 3 aromatic rings. The van der Waals surface area contributed by atoms with Crippen molar-refractivity contribution in [1.82, 2.24) is 9.21 Å². The molecular weight excluding hydrogens is 487 g/mol. The first-order valence-corrected chi connectivity index (χ1v) is 14.3. The first kappa shape index (κ1) is 27.2. The van der Waals surface area contributed by atoms with Crippen LogP contribution in [0, 0.1) is 12.7 Å². The second kappa shape index (κ2) is 11.7. The summed E-state index contributed by atoms with van der Waals surface area (Å²) >= 11 is 0. The van der Waals surface area contributed by atoms with Gasteiger partial charge in [-0.25, -0.2) is 12.8 Å². The lowest BCUT2D eigenvalue weighted by Gasteiger charge is -2.28. The fraction of sp³-hybridized carbons (Fsp3) is 0.367. The molecule has 0 amide bonds. The van der Waals surface area contributed by atoms with Crippen LogP contribution in [0.25, 0.3) is 0 Å². The Balaban J connectivity index is 1.35. The molecule has 0 atom stereocenters. The topological polar surface area (TPSA) is 57.7 Å². The summed E-state index contributed by atoms with van der Waals surface area (Å²) in [7, 11) is -3.56. The van der Waals surface area contributed by atoms with Crippen LogP contribution in [0.2, 0.25) is 0 Å². The van der Waals surface area contributed by atoms with Crippen molar-refractivity contribution in [1.29, 1.82) is 0 Å². The Kier molecular flexibility index (Phi) is 8.57. The predicted molar refractivity (Wildman–Crippen MR) is 144 cm³/mol. The number of Topliss-reactive ketones (excluding diaryl/α,β-unsaturated/α-hetero) is 1. The molecule has 5 nitrogen and oxygen atoms in total. The highest BCUT2D eigenvalue weighted by Gasteiger charge is 2.28. The molecule has 0 fully saturated rings. The van der Waals surface area contributed by atoms with Gasteiger partial charge in [-0.2, -0.15) is 4.31 Å². The second-order valence-electron chi connectivity index (χ2n) is 10.1. The Labute approximate surface area is 220 Å². The van der Waals surface area contributed by atoms with Crippen molar-refractivity contribution in [2.45, 2.75) is 64.1 Å². The van der Waals surface area contributed by atoms with Gasteiger partial charge in [-0.05, 0) is 87.2 Å². The van der Waals surface area contributed by atoms with Gasteiger partial charge in [0.15, 0.2) is 5.78 Å². The zero-order valence-electron chi connectivity index (χ0n) is 21.8. The molecule has 1 heterocycles. The Morgan fingerprint density at radius 3 is 2.38 bits per heavy atom. The van der Waals surface area contributed by atoms with Crippen LogP contribution in [0.15, 0.2) is 71.6 Å². The third-order valence-electron chi connectivity index (χ3n) is 7.04. The molecule has 37 heavy (non-hydrogen) atoms. The number of hydrogen-bond acceptors (Lipinski definition) is 4. The maximum atomic E-state index is 13.2. The molecule has 0 spiro atoms. The number of aryl methyl sites for hydroxylation is 1.